The van der Waals surface area contributed by atoms with E-state index in [1.54, 1.807) is 4.90 Å². The van der Waals surface area contributed by atoms with E-state index >= 15 is 0 Å². The third-order valence-corrected chi connectivity index (χ3v) is 2.10. The molecule has 0 aliphatic heterocycles. The summed E-state index contributed by atoms with van der Waals surface area (Å²) in [4.78, 5) is 13.1. The number of hydrogen-bond donors (Lipinski definition) is 0. The number of carbonyl (C=O) groups excluding carboxylic acids is 1. The van der Waals surface area contributed by atoms with Crippen LogP contribution in [-0.2, 0) is 9.53 Å². The maximum Gasteiger partial charge on any atom is 0.320 e. The fourth-order valence-electron chi connectivity index (χ4n) is 1.05. The summed E-state index contributed by atoms with van der Waals surface area (Å²) < 4.78 is 5.02. The molecule has 0 aromatic heterocycles. The van der Waals surface area contributed by atoms with Crippen LogP contribution in [0.25, 0.3) is 0 Å². The molecule has 0 rings (SSSR count). The predicted octanol–water partition coefficient (Wildman–Crippen LogP) is 1.56. The summed E-state index contributed by atoms with van der Waals surface area (Å²) in [5.41, 5.74) is 0. The topological polar surface area (TPSA) is 53.3 Å². The first-order chi connectivity index (χ1) is 7.11. The second-order valence-electron chi connectivity index (χ2n) is 3.73. The molecule has 4 nitrogen and oxygen atoms in total. The Morgan fingerprint density at radius 1 is 1.53 bits per heavy atom. The summed E-state index contributed by atoms with van der Waals surface area (Å²) in [6.07, 6.45) is 1.91. The van der Waals surface area contributed by atoms with Crippen LogP contribution in [0.2, 0.25) is 0 Å². The van der Waals surface area contributed by atoms with Crippen LogP contribution in [0.5, 0.6) is 0 Å². The van der Waals surface area contributed by atoms with Gasteiger partial charge in [0.25, 0.3) is 0 Å². The third kappa shape index (κ3) is 6.92. The van der Waals surface area contributed by atoms with Gasteiger partial charge in [-0.25, -0.2) is 0 Å². The molecule has 0 amide bonds. The van der Waals surface area contributed by atoms with Gasteiger partial charge in [0.2, 0.25) is 0 Å². The van der Waals surface area contributed by atoms with Crippen LogP contribution in [0, 0.1) is 11.3 Å². The molecule has 0 aromatic carbocycles. The summed E-state index contributed by atoms with van der Waals surface area (Å²) in [6.45, 7) is 6.90. The first-order valence-corrected chi connectivity index (χ1v) is 5.38. The maximum absolute atomic E-state index is 11.3. The molecule has 0 aromatic rings. The molecule has 0 radical (unpaired) electrons. The maximum atomic E-state index is 11.3. The number of nitriles is 1. The first kappa shape index (κ1) is 13.9. The number of esters is 1. The lowest BCUT2D eigenvalue weighted by Gasteiger charge is -2.21. The van der Waals surface area contributed by atoms with E-state index in [2.05, 4.69) is 0 Å². The van der Waals surface area contributed by atoms with E-state index in [1.165, 1.54) is 0 Å². The minimum Gasteiger partial charge on any atom is -0.465 e. The van der Waals surface area contributed by atoms with Gasteiger partial charge >= 0.3 is 5.97 Å². The monoisotopic (exact) mass is 212 g/mol. The molecule has 0 N–H and O–H groups in total. The molecule has 0 aliphatic rings. The number of unbranched alkanes of at least 4 members (excludes halogenated alkanes) is 1. The Labute approximate surface area is 91.8 Å². The van der Waals surface area contributed by atoms with E-state index in [0.29, 0.717) is 6.61 Å². The number of hydrogen-bond acceptors (Lipinski definition) is 4. The zero-order valence-corrected chi connectivity index (χ0v) is 9.82. The lowest BCUT2D eigenvalue weighted by molar-refractivity contribution is -0.145. The SMILES string of the molecule is CCCCOC(=O)CN(CC#N)C(C)C. The van der Waals surface area contributed by atoms with Crippen molar-refractivity contribution in [3.63, 3.8) is 0 Å². The van der Waals surface area contributed by atoms with Crippen molar-refractivity contribution in [2.75, 3.05) is 19.7 Å². The normalized spacial score (nSPS) is 10.4. The van der Waals surface area contributed by atoms with Gasteiger partial charge in [0.15, 0.2) is 0 Å². The first-order valence-electron chi connectivity index (χ1n) is 5.38. The van der Waals surface area contributed by atoms with E-state index in [1.807, 2.05) is 26.8 Å². The van der Waals surface area contributed by atoms with Crippen molar-refractivity contribution in [3.8, 4) is 6.07 Å². The number of nitrogens with zero attached hydrogens (tertiary/aromatic N) is 2. The Morgan fingerprint density at radius 2 is 2.20 bits per heavy atom. The van der Waals surface area contributed by atoms with Gasteiger partial charge in [-0.05, 0) is 20.3 Å². The van der Waals surface area contributed by atoms with Gasteiger partial charge in [0.1, 0.15) is 0 Å². The number of rotatable bonds is 7. The van der Waals surface area contributed by atoms with Crippen LogP contribution in [-0.4, -0.2) is 36.6 Å². The molecule has 0 atom stereocenters. The zero-order chi connectivity index (χ0) is 11.7. The highest BCUT2D eigenvalue weighted by molar-refractivity contribution is 5.71. The Morgan fingerprint density at radius 3 is 2.67 bits per heavy atom. The summed E-state index contributed by atoms with van der Waals surface area (Å²) in [5.74, 6) is -0.243. The molecule has 15 heavy (non-hydrogen) atoms. The highest BCUT2D eigenvalue weighted by Crippen LogP contribution is 1.98. The Kier molecular flexibility index (Phi) is 7.65. The van der Waals surface area contributed by atoms with Crippen molar-refractivity contribution in [3.05, 3.63) is 0 Å². The fraction of sp³-hybridized carbons (Fsp3) is 0.818. The van der Waals surface area contributed by atoms with Crippen LogP contribution in [0.4, 0.5) is 0 Å². The average molecular weight is 212 g/mol. The van der Waals surface area contributed by atoms with E-state index in [9.17, 15) is 4.79 Å². The lowest BCUT2D eigenvalue weighted by Crippen LogP contribution is -2.36. The molecular weight excluding hydrogens is 192 g/mol. The van der Waals surface area contributed by atoms with Crippen LogP contribution in [0.3, 0.4) is 0 Å². The highest BCUT2D eigenvalue weighted by atomic mass is 16.5. The molecular formula is C11H20N2O2. The van der Waals surface area contributed by atoms with Crippen LogP contribution < -0.4 is 0 Å². The van der Waals surface area contributed by atoms with E-state index < -0.39 is 0 Å². The third-order valence-electron chi connectivity index (χ3n) is 2.10. The van der Waals surface area contributed by atoms with Gasteiger partial charge in [-0.15, -0.1) is 0 Å². The molecule has 0 aliphatic carbocycles. The number of ether oxygens (including phenoxy) is 1. The van der Waals surface area contributed by atoms with Crippen molar-refractivity contribution in [2.45, 2.75) is 39.7 Å². The van der Waals surface area contributed by atoms with E-state index in [4.69, 9.17) is 10.00 Å². The minimum absolute atomic E-state index is 0.184. The van der Waals surface area contributed by atoms with E-state index in [-0.39, 0.29) is 25.1 Å². The van der Waals surface area contributed by atoms with Gasteiger partial charge in [-0.1, -0.05) is 13.3 Å². The summed E-state index contributed by atoms with van der Waals surface area (Å²) >= 11 is 0. The minimum atomic E-state index is -0.243. The van der Waals surface area contributed by atoms with Crippen LogP contribution in [0.1, 0.15) is 33.6 Å². The molecule has 0 unspecified atom stereocenters. The van der Waals surface area contributed by atoms with Gasteiger partial charge in [0, 0.05) is 6.04 Å². The highest BCUT2D eigenvalue weighted by Gasteiger charge is 2.14. The van der Waals surface area contributed by atoms with Gasteiger partial charge < -0.3 is 4.74 Å². The van der Waals surface area contributed by atoms with Crippen molar-refractivity contribution in [1.82, 2.24) is 4.90 Å². The smallest absolute Gasteiger partial charge is 0.320 e. The Balaban J connectivity index is 3.85. The second kappa shape index (κ2) is 8.25. The second-order valence-corrected chi connectivity index (χ2v) is 3.73. The molecule has 0 heterocycles. The molecule has 0 spiro atoms. The van der Waals surface area contributed by atoms with Gasteiger partial charge in [-0.3, -0.25) is 9.69 Å². The largest absolute Gasteiger partial charge is 0.465 e. The van der Waals surface area contributed by atoms with Crippen molar-refractivity contribution >= 4 is 5.97 Å². The summed E-state index contributed by atoms with van der Waals surface area (Å²) in [5, 5.41) is 8.57. The summed E-state index contributed by atoms with van der Waals surface area (Å²) in [7, 11) is 0. The molecule has 86 valence electrons. The van der Waals surface area contributed by atoms with Gasteiger partial charge in [0.05, 0.1) is 25.8 Å². The standard InChI is InChI=1S/C11H20N2O2/c1-4-5-8-15-11(14)9-13(7-6-12)10(2)3/h10H,4-5,7-9H2,1-3H3. The molecule has 4 heteroatoms. The van der Waals surface area contributed by atoms with Crippen molar-refractivity contribution in [2.24, 2.45) is 0 Å². The quantitative estimate of drug-likeness (QED) is 0.365. The summed E-state index contributed by atoms with van der Waals surface area (Å²) in [6, 6.07) is 2.22. The Bertz CT molecular complexity index is 221. The predicted molar refractivity (Wildman–Crippen MR) is 58.2 cm³/mol. The molecule has 0 saturated heterocycles. The van der Waals surface area contributed by atoms with Crippen LogP contribution in [0.15, 0.2) is 0 Å². The fourth-order valence-corrected chi connectivity index (χ4v) is 1.05. The Hall–Kier alpha value is -1.08. The molecule has 0 fully saturated rings. The lowest BCUT2D eigenvalue weighted by atomic mass is 10.3. The zero-order valence-electron chi connectivity index (χ0n) is 9.82. The molecule has 0 saturated carbocycles. The van der Waals surface area contributed by atoms with E-state index in [0.717, 1.165) is 12.8 Å². The van der Waals surface area contributed by atoms with Gasteiger partial charge in [-0.2, -0.15) is 5.26 Å². The van der Waals surface area contributed by atoms with Crippen molar-refractivity contribution < 1.29 is 9.53 Å². The molecule has 0 bridgehead atoms. The number of carbonyl (C=O) groups is 1. The van der Waals surface area contributed by atoms with Crippen LogP contribution >= 0.6 is 0 Å². The average Bonchev–Trinajstić information content (AvgIpc) is 2.17. The van der Waals surface area contributed by atoms with Crippen molar-refractivity contribution in [1.29, 1.82) is 5.26 Å².